The summed E-state index contributed by atoms with van der Waals surface area (Å²) in [5.41, 5.74) is 2.33. The average molecular weight is 215 g/mol. The van der Waals surface area contributed by atoms with Gasteiger partial charge in [0.1, 0.15) is 0 Å². The second-order valence-corrected chi connectivity index (χ2v) is 4.19. The highest BCUT2D eigenvalue weighted by Crippen LogP contribution is 2.20. The number of rotatable bonds is 3. The molecule has 84 valence electrons. The monoisotopic (exact) mass is 215 g/mol. The molecule has 2 rings (SSSR count). The molecule has 16 heavy (non-hydrogen) atoms. The number of nitrogens with one attached hydrogen (secondary N) is 1. The minimum absolute atomic E-state index is 0.411. The minimum Gasteiger partial charge on any atom is -0.325 e. The first-order chi connectivity index (χ1) is 7.68. The predicted octanol–water partition coefficient (Wildman–Crippen LogP) is 3.52. The van der Waals surface area contributed by atoms with Gasteiger partial charge in [0, 0.05) is 24.1 Å². The summed E-state index contributed by atoms with van der Waals surface area (Å²) in [6, 6.07) is 8.63. The second kappa shape index (κ2) is 4.39. The first-order valence-electron chi connectivity index (χ1n) is 5.54. The summed E-state index contributed by atoms with van der Waals surface area (Å²) in [6.45, 7) is 6.38. The van der Waals surface area contributed by atoms with Crippen molar-refractivity contribution in [3.05, 3.63) is 42.2 Å². The van der Waals surface area contributed by atoms with Crippen LogP contribution in [-0.4, -0.2) is 9.55 Å². The topological polar surface area (TPSA) is 29.9 Å². The van der Waals surface area contributed by atoms with Gasteiger partial charge in [-0.1, -0.05) is 18.2 Å². The zero-order valence-electron chi connectivity index (χ0n) is 9.94. The van der Waals surface area contributed by atoms with Gasteiger partial charge >= 0.3 is 0 Å². The molecule has 3 heteroatoms. The van der Waals surface area contributed by atoms with E-state index in [1.54, 1.807) is 0 Å². The Kier molecular flexibility index (Phi) is 2.95. The van der Waals surface area contributed by atoms with Crippen molar-refractivity contribution in [2.24, 2.45) is 0 Å². The largest absolute Gasteiger partial charge is 0.325 e. The fraction of sp³-hybridized carbons (Fsp3) is 0.308. The Balaban J connectivity index is 2.27. The molecular weight excluding hydrogens is 198 g/mol. The van der Waals surface area contributed by atoms with Gasteiger partial charge in [-0.3, -0.25) is 0 Å². The molecule has 0 unspecified atom stereocenters. The van der Waals surface area contributed by atoms with E-state index in [-0.39, 0.29) is 0 Å². The normalized spacial score (nSPS) is 10.8. The number of hydrogen-bond donors (Lipinski definition) is 1. The number of aryl methyl sites for hydroxylation is 1. The maximum atomic E-state index is 4.33. The van der Waals surface area contributed by atoms with Crippen molar-refractivity contribution in [1.29, 1.82) is 0 Å². The van der Waals surface area contributed by atoms with E-state index in [0.29, 0.717) is 6.04 Å². The molecule has 1 aromatic heterocycles. The third-order valence-corrected chi connectivity index (χ3v) is 2.62. The van der Waals surface area contributed by atoms with Gasteiger partial charge in [0.05, 0.1) is 0 Å². The number of para-hydroxylation sites is 1. The molecule has 2 aromatic rings. The molecule has 1 heterocycles. The van der Waals surface area contributed by atoms with Crippen LogP contribution < -0.4 is 5.32 Å². The molecule has 1 N–H and O–H groups in total. The molecular formula is C13H17N3. The van der Waals surface area contributed by atoms with Crippen LogP contribution in [0.25, 0.3) is 0 Å². The number of aromatic nitrogens is 2. The van der Waals surface area contributed by atoms with Crippen molar-refractivity contribution < 1.29 is 0 Å². The van der Waals surface area contributed by atoms with Crippen molar-refractivity contribution in [3.63, 3.8) is 0 Å². The molecule has 0 bridgehead atoms. The fourth-order valence-electron chi connectivity index (χ4n) is 1.66. The number of imidazole rings is 1. The van der Waals surface area contributed by atoms with E-state index in [1.807, 2.05) is 24.5 Å². The van der Waals surface area contributed by atoms with Crippen molar-refractivity contribution in [3.8, 4) is 0 Å². The summed E-state index contributed by atoms with van der Waals surface area (Å²) in [5.74, 6) is 0.893. The highest BCUT2D eigenvalue weighted by molar-refractivity contribution is 5.58. The lowest BCUT2D eigenvalue weighted by molar-refractivity contribution is 0.608. The van der Waals surface area contributed by atoms with Crippen LogP contribution in [0.4, 0.5) is 11.6 Å². The Morgan fingerprint density at radius 3 is 2.69 bits per heavy atom. The lowest BCUT2D eigenvalue weighted by Gasteiger charge is -2.13. The first kappa shape index (κ1) is 10.7. The third-order valence-electron chi connectivity index (χ3n) is 2.62. The van der Waals surface area contributed by atoms with Crippen LogP contribution in [0, 0.1) is 6.92 Å². The number of nitrogens with zero attached hydrogens (tertiary/aromatic N) is 2. The van der Waals surface area contributed by atoms with Gasteiger partial charge in [-0.2, -0.15) is 0 Å². The molecule has 0 aliphatic carbocycles. The Morgan fingerprint density at radius 2 is 2.00 bits per heavy atom. The number of benzene rings is 1. The Bertz CT molecular complexity index is 472. The maximum absolute atomic E-state index is 4.33. The van der Waals surface area contributed by atoms with Crippen molar-refractivity contribution >= 4 is 11.6 Å². The van der Waals surface area contributed by atoms with Crippen LogP contribution in [0.1, 0.15) is 25.5 Å². The van der Waals surface area contributed by atoms with Crippen LogP contribution in [0.5, 0.6) is 0 Å². The highest BCUT2D eigenvalue weighted by Gasteiger charge is 2.06. The number of hydrogen-bond acceptors (Lipinski definition) is 2. The molecule has 0 fully saturated rings. The lowest BCUT2D eigenvalue weighted by Crippen LogP contribution is -2.05. The van der Waals surface area contributed by atoms with Crippen LogP contribution in [0.15, 0.2) is 36.7 Å². The van der Waals surface area contributed by atoms with E-state index in [9.17, 15) is 0 Å². The first-order valence-corrected chi connectivity index (χ1v) is 5.54. The number of anilines is 2. The summed E-state index contributed by atoms with van der Waals surface area (Å²) >= 11 is 0. The molecule has 1 aromatic carbocycles. The molecule has 0 amide bonds. The van der Waals surface area contributed by atoms with E-state index in [2.05, 4.69) is 47.8 Å². The lowest BCUT2D eigenvalue weighted by atomic mass is 10.2. The third kappa shape index (κ3) is 2.08. The SMILES string of the molecule is Cc1ccccc1Nc1nccn1C(C)C. The summed E-state index contributed by atoms with van der Waals surface area (Å²) in [7, 11) is 0. The molecule has 0 radical (unpaired) electrons. The molecule has 0 saturated heterocycles. The van der Waals surface area contributed by atoms with E-state index in [4.69, 9.17) is 0 Å². The Labute approximate surface area is 96.1 Å². The van der Waals surface area contributed by atoms with Gasteiger partial charge < -0.3 is 9.88 Å². The zero-order chi connectivity index (χ0) is 11.5. The van der Waals surface area contributed by atoms with Crippen LogP contribution in [0.2, 0.25) is 0 Å². The molecule has 0 aliphatic rings. The summed E-state index contributed by atoms with van der Waals surface area (Å²) in [4.78, 5) is 4.33. The van der Waals surface area contributed by atoms with Gasteiger partial charge in [0.25, 0.3) is 0 Å². The van der Waals surface area contributed by atoms with E-state index in [1.165, 1.54) is 5.56 Å². The van der Waals surface area contributed by atoms with Gasteiger partial charge in [-0.15, -0.1) is 0 Å². The van der Waals surface area contributed by atoms with Crippen molar-refractivity contribution in [2.75, 3.05) is 5.32 Å². The van der Waals surface area contributed by atoms with Gasteiger partial charge in [0.15, 0.2) is 0 Å². The van der Waals surface area contributed by atoms with Crippen molar-refractivity contribution in [2.45, 2.75) is 26.8 Å². The maximum Gasteiger partial charge on any atom is 0.207 e. The van der Waals surface area contributed by atoms with E-state index in [0.717, 1.165) is 11.6 Å². The van der Waals surface area contributed by atoms with Crippen molar-refractivity contribution in [1.82, 2.24) is 9.55 Å². The minimum atomic E-state index is 0.411. The molecule has 0 spiro atoms. The predicted molar refractivity (Wildman–Crippen MR) is 67.1 cm³/mol. The molecule has 3 nitrogen and oxygen atoms in total. The van der Waals surface area contributed by atoms with Crippen LogP contribution in [0.3, 0.4) is 0 Å². The van der Waals surface area contributed by atoms with E-state index >= 15 is 0 Å². The fourth-order valence-corrected chi connectivity index (χ4v) is 1.66. The van der Waals surface area contributed by atoms with Crippen LogP contribution >= 0.6 is 0 Å². The standard InChI is InChI=1S/C13H17N3/c1-10(2)16-9-8-14-13(16)15-12-7-5-4-6-11(12)3/h4-10H,1-3H3,(H,14,15). The quantitative estimate of drug-likeness (QED) is 0.849. The summed E-state index contributed by atoms with van der Waals surface area (Å²) in [6.07, 6.45) is 3.81. The summed E-state index contributed by atoms with van der Waals surface area (Å²) in [5, 5.41) is 3.35. The molecule has 0 atom stereocenters. The smallest absolute Gasteiger partial charge is 0.207 e. The molecule has 0 aliphatic heterocycles. The van der Waals surface area contributed by atoms with Gasteiger partial charge in [0.2, 0.25) is 5.95 Å². The van der Waals surface area contributed by atoms with E-state index < -0.39 is 0 Å². The summed E-state index contributed by atoms with van der Waals surface area (Å²) < 4.78 is 2.12. The van der Waals surface area contributed by atoms with Gasteiger partial charge in [-0.05, 0) is 32.4 Å². The Hall–Kier alpha value is -1.77. The molecule has 0 saturated carbocycles. The van der Waals surface area contributed by atoms with Gasteiger partial charge in [-0.25, -0.2) is 4.98 Å². The average Bonchev–Trinajstić information content (AvgIpc) is 2.69. The highest BCUT2D eigenvalue weighted by atomic mass is 15.2. The zero-order valence-corrected chi connectivity index (χ0v) is 9.94. The second-order valence-electron chi connectivity index (χ2n) is 4.19. The van der Waals surface area contributed by atoms with Crippen LogP contribution in [-0.2, 0) is 0 Å². The Morgan fingerprint density at radius 1 is 1.25 bits per heavy atom.